The maximum atomic E-state index is 13.6. The molecule has 0 radical (unpaired) electrons. The van der Waals surface area contributed by atoms with Crippen LogP contribution in [0.3, 0.4) is 0 Å². The Morgan fingerprint density at radius 2 is 2.00 bits per heavy atom. The Morgan fingerprint density at radius 1 is 1.16 bits per heavy atom. The van der Waals surface area contributed by atoms with Crippen LogP contribution >= 0.6 is 0 Å². The first-order valence-corrected chi connectivity index (χ1v) is 13.8. The Labute approximate surface area is 246 Å². The minimum absolute atomic E-state index is 0.0290. The van der Waals surface area contributed by atoms with Crippen LogP contribution in [0.2, 0.25) is 0 Å². The molecule has 0 bridgehead atoms. The van der Waals surface area contributed by atoms with Crippen molar-refractivity contribution in [1.82, 2.24) is 29.7 Å². The predicted molar refractivity (Wildman–Crippen MR) is 158 cm³/mol. The summed E-state index contributed by atoms with van der Waals surface area (Å²) < 4.78 is 34.2. The maximum absolute atomic E-state index is 13.6. The zero-order valence-electron chi connectivity index (χ0n) is 23.6. The number of aryl methyl sites for hydroxylation is 1. The number of hydrogen-bond acceptors (Lipinski definition) is 9. The van der Waals surface area contributed by atoms with Gasteiger partial charge in [-0.2, -0.15) is 8.78 Å². The first-order valence-electron chi connectivity index (χ1n) is 13.8. The van der Waals surface area contributed by atoms with E-state index in [1.54, 1.807) is 24.5 Å². The molecule has 0 atom stereocenters. The molecule has 1 spiro atoms. The number of likely N-dealkylation sites (N-methyl/N-ethyl adjacent to an activating group) is 1. The average molecular weight is 589 g/mol. The minimum Gasteiger partial charge on any atom is -0.433 e. The van der Waals surface area contributed by atoms with E-state index in [2.05, 4.69) is 42.4 Å². The Hall–Kier alpha value is -4.91. The van der Waals surface area contributed by atoms with E-state index in [1.165, 1.54) is 18.2 Å². The standard InChI is InChI=1S/C30H30F2N8O3/c1-38-15-20(27-23(38)5-3-10-33-27)21-8-11-34-29(36-21)37-22-13-19(6-7-26(42)35-18-41)24(14-25(22)43-28(31)32)40-16-30(17-40)9-4-12-39(30)2/h3,5-8,10-11,13-15,18,28H,4,9,12,16-17H2,1-2H3,(H,34,36,37)(H,35,41,42). The summed E-state index contributed by atoms with van der Waals surface area (Å²) in [5.74, 6) is -0.554. The van der Waals surface area contributed by atoms with Crippen molar-refractivity contribution in [2.24, 2.45) is 7.05 Å². The number of anilines is 3. The average Bonchev–Trinajstić information content (AvgIpc) is 3.52. The molecule has 11 nitrogen and oxygen atoms in total. The fraction of sp³-hybridized carbons (Fsp3) is 0.300. The van der Waals surface area contributed by atoms with Gasteiger partial charge in [0.05, 0.1) is 28.0 Å². The van der Waals surface area contributed by atoms with E-state index in [1.807, 2.05) is 29.9 Å². The molecule has 0 saturated carbocycles. The largest absolute Gasteiger partial charge is 0.433 e. The number of imide groups is 1. The van der Waals surface area contributed by atoms with E-state index in [0.717, 1.165) is 36.0 Å². The number of amides is 2. The number of alkyl halides is 2. The summed E-state index contributed by atoms with van der Waals surface area (Å²) in [6.07, 6.45) is 10.4. The molecule has 222 valence electrons. The Kier molecular flexibility index (Phi) is 7.48. The molecule has 3 aromatic heterocycles. The Balaban J connectivity index is 1.37. The number of fused-ring (bicyclic) bond motifs is 1. The molecule has 4 aromatic rings. The van der Waals surface area contributed by atoms with Crippen molar-refractivity contribution in [1.29, 1.82) is 0 Å². The number of benzene rings is 1. The molecule has 2 N–H and O–H groups in total. The zero-order valence-corrected chi connectivity index (χ0v) is 23.6. The number of nitrogens with zero attached hydrogens (tertiary/aromatic N) is 6. The maximum Gasteiger partial charge on any atom is 0.387 e. The van der Waals surface area contributed by atoms with Crippen LogP contribution in [0.25, 0.3) is 28.4 Å². The smallest absolute Gasteiger partial charge is 0.387 e. The molecule has 2 aliphatic rings. The third kappa shape index (κ3) is 5.50. The second-order valence-electron chi connectivity index (χ2n) is 10.8. The number of pyridine rings is 1. The van der Waals surface area contributed by atoms with Crippen LogP contribution in [0.5, 0.6) is 5.75 Å². The fourth-order valence-corrected chi connectivity index (χ4v) is 5.95. The lowest BCUT2D eigenvalue weighted by molar-refractivity contribution is -0.121. The summed E-state index contributed by atoms with van der Waals surface area (Å²) in [6, 6.07) is 8.70. The summed E-state index contributed by atoms with van der Waals surface area (Å²) in [7, 11) is 4.01. The molecule has 2 aliphatic heterocycles. The lowest BCUT2D eigenvalue weighted by Crippen LogP contribution is -2.67. The molecule has 13 heteroatoms. The van der Waals surface area contributed by atoms with Crippen molar-refractivity contribution in [2.45, 2.75) is 25.0 Å². The van der Waals surface area contributed by atoms with Crippen molar-refractivity contribution >= 4 is 46.7 Å². The molecular formula is C30H30F2N8O3. The highest BCUT2D eigenvalue weighted by Gasteiger charge is 2.49. The topological polar surface area (TPSA) is 118 Å². The third-order valence-corrected chi connectivity index (χ3v) is 8.14. The summed E-state index contributed by atoms with van der Waals surface area (Å²) in [5.41, 5.74) is 4.47. The quantitative estimate of drug-likeness (QED) is 0.221. The first kappa shape index (κ1) is 28.2. The van der Waals surface area contributed by atoms with Crippen molar-refractivity contribution in [2.75, 3.05) is 36.9 Å². The van der Waals surface area contributed by atoms with Crippen molar-refractivity contribution in [3.05, 3.63) is 60.6 Å². The Bertz CT molecular complexity index is 1720. The second-order valence-corrected chi connectivity index (χ2v) is 10.8. The van der Waals surface area contributed by atoms with Crippen LogP contribution in [0, 0.1) is 0 Å². The van der Waals surface area contributed by atoms with Gasteiger partial charge < -0.3 is 19.5 Å². The highest BCUT2D eigenvalue weighted by molar-refractivity contribution is 5.98. The van der Waals surface area contributed by atoms with Crippen LogP contribution in [0.4, 0.5) is 26.1 Å². The molecule has 0 unspecified atom stereocenters. The number of ether oxygens (including phenoxy) is 1. The van der Waals surface area contributed by atoms with Crippen molar-refractivity contribution in [3.8, 4) is 17.0 Å². The van der Waals surface area contributed by atoms with E-state index in [9.17, 15) is 18.4 Å². The number of likely N-dealkylation sites (tertiary alicyclic amines) is 1. The van der Waals surface area contributed by atoms with E-state index in [0.29, 0.717) is 36.4 Å². The number of rotatable bonds is 9. The molecule has 43 heavy (non-hydrogen) atoms. The van der Waals surface area contributed by atoms with Gasteiger partial charge in [-0.3, -0.25) is 24.8 Å². The summed E-state index contributed by atoms with van der Waals surface area (Å²) in [5, 5.41) is 5.10. The van der Waals surface area contributed by atoms with Crippen molar-refractivity contribution < 1.29 is 23.1 Å². The van der Waals surface area contributed by atoms with Gasteiger partial charge in [0.25, 0.3) is 0 Å². The van der Waals surface area contributed by atoms with Gasteiger partial charge in [0.1, 0.15) is 0 Å². The first-order chi connectivity index (χ1) is 20.8. The highest BCUT2D eigenvalue weighted by atomic mass is 19.3. The minimum atomic E-state index is -3.08. The highest BCUT2D eigenvalue weighted by Crippen LogP contribution is 2.44. The third-order valence-electron chi connectivity index (χ3n) is 8.14. The zero-order chi connectivity index (χ0) is 30.1. The lowest BCUT2D eigenvalue weighted by Gasteiger charge is -2.53. The summed E-state index contributed by atoms with van der Waals surface area (Å²) in [4.78, 5) is 40.7. The SMILES string of the molecule is CN1CCCC12CN(c1cc(OC(F)F)c(Nc3nccc(-c4cn(C)c5cccnc45)n3)cc1C=CC(=O)NC=O)C2. The number of nitrogens with one attached hydrogen (secondary N) is 2. The molecule has 2 saturated heterocycles. The van der Waals surface area contributed by atoms with Gasteiger partial charge in [-0.05, 0) is 56.8 Å². The van der Waals surface area contributed by atoms with Crippen LogP contribution in [-0.2, 0) is 16.6 Å². The van der Waals surface area contributed by atoms with Crippen molar-refractivity contribution in [3.63, 3.8) is 0 Å². The number of halogens is 2. The van der Waals surface area contributed by atoms with Gasteiger partial charge in [0, 0.05) is 67.7 Å². The van der Waals surface area contributed by atoms with E-state index >= 15 is 0 Å². The van der Waals surface area contributed by atoms with E-state index in [-0.39, 0.29) is 22.9 Å². The van der Waals surface area contributed by atoms with Gasteiger partial charge in [-0.15, -0.1) is 0 Å². The molecule has 2 amide bonds. The molecule has 0 aliphatic carbocycles. The monoisotopic (exact) mass is 588 g/mol. The molecular weight excluding hydrogens is 558 g/mol. The van der Waals surface area contributed by atoms with Gasteiger partial charge in [-0.1, -0.05) is 0 Å². The lowest BCUT2D eigenvalue weighted by atomic mass is 9.86. The second kappa shape index (κ2) is 11.4. The summed E-state index contributed by atoms with van der Waals surface area (Å²) in [6.45, 7) is -0.666. The molecule has 6 rings (SSSR count). The molecule has 5 heterocycles. The Morgan fingerprint density at radius 3 is 2.74 bits per heavy atom. The van der Waals surface area contributed by atoms with Crippen LogP contribution < -0.4 is 20.3 Å². The number of carbonyl (C=O) groups is 2. The van der Waals surface area contributed by atoms with Crippen LogP contribution in [0.15, 0.2) is 55.0 Å². The number of carbonyl (C=O) groups excluding carboxylic acids is 2. The number of hydrogen-bond donors (Lipinski definition) is 2. The normalized spacial score (nSPS) is 16.3. The van der Waals surface area contributed by atoms with E-state index in [4.69, 9.17) is 4.74 Å². The predicted octanol–water partition coefficient (Wildman–Crippen LogP) is 3.95. The summed E-state index contributed by atoms with van der Waals surface area (Å²) >= 11 is 0. The van der Waals surface area contributed by atoms with Gasteiger partial charge in [-0.25, -0.2) is 9.97 Å². The molecule has 1 aromatic carbocycles. The van der Waals surface area contributed by atoms with Gasteiger partial charge >= 0.3 is 6.61 Å². The number of aromatic nitrogens is 4. The fourth-order valence-electron chi connectivity index (χ4n) is 5.95. The van der Waals surface area contributed by atoms with Crippen LogP contribution in [-0.4, -0.2) is 75.6 Å². The van der Waals surface area contributed by atoms with Gasteiger partial charge in [0.15, 0.2) is 5.75 Å². The molecule has 2 fully saturated rings. The van der Waals surface area contributed by atoms with Crippen LogP contribution in [0.1, 0.15) is 18.4 Å². The van der Waals surface area contributed by atoms with Gasteiger partial charge in [0.2, 0.25) is 18.3 Å². The van der Waals surface area contributed by atoms with E-state index < -0.39 is 12.5 Å².